The maximum Gasteiger partial charge on any atom is 0.193 e. The number of nitrogens with two attached hydrogens (primary N) is 1. The number of anilines is 2. The van der Waals surface area contributed by atoms with Crippen LogP contribution in [0.15, 0.2) is 48.5 Å². The molecule has 0 saturated carbocycles. The van der Waals surface area contributed by atoms with E-state index >= 15 is 0 Å². The van der Waals surface area contributed by atoms with E-state index in [0.29, 0.717) is 16.8 Å². The average Bonchev–Trinajstić information content (AvgIpc) is 2.49. The van der Waals surface area contributed by atoms with Gasteiger partial charge in [0.05, 0.1) is 11.4 Å². The Morgan fingerprint density at radius 3 is 2.50 bits per heavy atom. The standard InChI is InChI=1S/C17H20N2O/c1-2-3-11-19-16-10-9-14(12-15(16)18)17(20)13-7-5-4-6-8-13/h4-10,12,19H,2-3,11,18H2,1H3. The molecule has 0 spiro atoms. The fourth-order valence-corrected chi connectivity index (χ4v) is 2.02. The quantitative estimate of drug-likeness (QED) is 0.477. The second kappa shape index (κ2) is 6.75. The van der Waals surface area contributed by atoms with Gasteiger partial charge in [0.25, 0.3) is 0 Å². The van der Waals surface area contributed by atoms with Crippen LogP contribution in [-0.2, 0) is 0 Å². The maximum atomic E-state index is 12.3. The third-order valence-corrected chi connectivity index (χ3v) is 3.20. The lowest BCUT2D eigenvalue weighted by Gasteiger charge is -2.10. The van der Waals surface area contributed by atoms with Gasteiger partial charge in [0.15, 0.2) is 5.78 Å². The van der Waals surface area contributed by atoms with Crippen LogP contribution in [0.25, 0.3) is 0 Å². The van der Waals surface area contributed by atoms with Crippen molar-refractivity contribution >= 4 is 17.2 Å². The van der Waals surface area contributed by atoms with Crippen molar-refractivity contribution in [3.63, 3.8) is 0 Å². The highest BCUT2D eigenvalue weighted by Crippen LogP contribution is 2.21. The highest BCUT2D eigenvalue weighted by molar-refractivity contribution is 6.09. The van der Waals surface area contributed by atoms with Crippen LogP contribution in [0.4, 0.5) is 11.4 Å². The van der Waals surface area contributed by atoms with Gasteiger partial charge in [-0.25, -0.2) is 0 Å². The molecule has 3 nitrogen and oxygen atoms in total. The summed E-state index contributed by atoms with van der Waals surface area (Å²) >= 11 is 0. The van der Waals surface area contributed by atoms with Gasteiger partial charge >= 0.3 is 0 Å². The first kappa shape index (κ1) is 14.1. The first-order valence-electron chi connectivity index (χ1n) is 6.95. The zero-order chi connectivity index (χ0) is 14.4. The van der Waals surface area contributed by atoms with Crippen LogP contribution in [0.2, 0.25) is 0 Å². The Hall–Kier alpha value is -2.29. The van der Waals surface area contributed by atoms with E-state index in [0.717, 1.165) is 25.1 Å². The van der Waals surface area contributed by atoms with Gasteiger partial charge in [0.1, 0.15) is 0 Å². The van der Waals surface area contributed by atoms with Crippen LogP contribution in [0.5, 0.6) is 0 Å². The predicted molar refractivity (Wildman–Crippen MR) is 84.1 cm³/mol. The molecule has 0 unspecified atom stereocenters. The summed E-state index contributed by atoms with van der Waals surface area (Å²) < 4.78 is 0. The summed E-state index contributed by atoms with van der Waals surface area (Å²) in [5, 5.41) is 3.28. The van der Waals surface area contributed by atoms with Crippen molar-refractivity contribution in [1.29, 1.82) is 0 Å². The Balaban J connectivity index is 2.14. The Bertz CT molecular complexity index is 579. The van der Waals surface area contributed by atoms with Crippen LogP contribution in [-0.4, -0.2) is 12.3 Å². The Morgan fingerprint density at radius 1 is 1.10 bits per heavy atom. The van der Waals surface area contributed by atoms with Crippen molar-refractivity contribution in [2.45, 2.75) is 19.8 Å². The van der Waals surface area contributed by atoms with Gasteiger partial charge < -0.3 is 11.1 Å². The molecule has 0 aliphatic heterocycles. The van der Waals surface area contributed by atoms with Crippen LogP contribution < -0.4 is 11.1 Å². The molecular weight excluding hydrogens is 248 g/mol. The predicted octanol–water partition coefficient (Wildman–Crippen LogP) is 3.71. The summed E-state index contributed by atoms with van der Waals surface area (Å²) in [6, 6.07) is 14.7. The van der Waals surface area contributed by atoms with Crippen LogP contribution in [0.3, 0.4) is 0 Å². The molecule has 0 fully saturated rings. The molecule has 0 atom stereocenters. The number of unbranched alkanes of at least 4 members (excludes halogenated alkanes) is 1. The number of rotatable bonds is 6. The molecule has 0 heterocycles. The maximum absolute atomic E-state index is 12.3. The lowest BCUT2D eigenvalue weighted by Crippen LogP contribution is -2.06. The second-order valence-electron chi connectivity index (χ2n) is 4.78. The second-order valence-corrected chi connectivity index (χ2v) is 4.78. The molecule has 3 heteroatoms. The van der Waals surface area contributed by atoms with E-state index in [-0.39, 0.29) is 5.78 Å². The molecule has 2 aromatic carbocycles. The zero-order valence-corrected chi connectivity index (χ0v) is 11.7. The molecule has 2 aromatic rings. The highest BCUT2D eigenvalue weighted by atomic mass is 16.1. The number of hydrogen-bond donors (Lipinski definition) is 2. The molecule has 0 saturated heterocycles. The number of carbonyl (C=O) groups is 1. The van der Waals surface area contributed by atoms with Crippen molar-refractivity contribution in [1.82, 2.24) is 0 Å². The monoisotopic (exact) mass is 268 g/mol. The lowest BCUT2D eigenvalue weighted by molar-refractivity contribution is 0.103. The molecule has 0 aromatic heterocycles. The van der Waals surface area contributed by atoms with Crippen molar-refractivity contribution < 1.29 is 4.79 Å². The van der Waals surface area contributed by atoms with Gasteiger partial charge in [-0.2, -0.15) is 0 Å². The van der Waals surface area contributed by atoms with Crippen molar-refractivity contribution in [2.24, 2.45) is 0 Å². The zero-order valence-electron chi connectivity index (χ0n) is 11.7. The van der Waals surface area contributed by atoms with Crippen molar-refractivity contribution in [3.8, 4) is 0 Å². The van der Waals surface area contributed by atoms with Crippen LogP contribution in [0, 0.1) is 0 Å². The number of nitrogens with one attached hydrogen (secondary N) is 1. The summed E-state index contributed by atoms with van der Waals surface area (Å²) in [4.78, 5) is 12.3. The minimum Gasteiger partial charge on any atom is -0.397 e. The molecule has 0 radical (unpaired) electrons. The summed E-state index contributed by atoms with van der Waals surface area (Å²) in [5.74, 6) is -0.00240. The average molecular weight is 268 g/mol. The Kier molecular flexibility index (Phi) is 4.77. The summed E-state index contributed by atoms with van der Waals surface area (Å²) in [7, 11) is 0. The molecule has 0 aliphatic rings. The number of nitrogen functional groups attached to an aromatic ring is 1. The molecule has 0 bridgehead atoms. The first-order chi connectivity index (χ1) is 9.72. The molecule has 3 N–H and O–H groups in total. The van der Waals surface area contributed by atoms with Gasteiger partial charge in [0.2, 0.25) is 0 Å². The van der Waals surface area contributed by atoms with Crippen LogP contribution in [0.1, 0.15) is 35.7 Å². The summed E-state index contributed by atoms with van der Waals surface area (Å²) in [5.41, 5.74) is 8.81. The van der Waals surface area contributed by atoms with Crippen LogP contribution >= 0.6 is 0 Å². The molecule has 104 valence electrons. The Morgan fingerprint density at radius 2 is 1.85 bits per heavy atom. The molecular formula is C17H20N2O. The molecule has 0 aliphatic carbocycles. The third-order valence-electron chi connectivity index (χ3n) is 3.20. The number of ketones is 1. The fourth-order valence-electron chi connectivity index (χ4n) is 2.02. The Labute approximate surface area is 119 Å². The van der Waals surface area contributed by atoms with E-state index in [4.69, 9.17) is 5.73 Å². The smallest absolute Gasteiger partial charge is 0.193 e. The van der Waals surface area contributed by atoms with Gasteiger partial charge in [-0.05, 0) is 24.6 Å². The minimum absolute atomic E-state index is 0.00240. The fraction of sp³-hybridized carbons (Fsp3) is 0.235. The van der Waals surface area contributed by atoms with Gasteiger partial charge in [-0.1, -0.05) is 43.7 Å². The molecule has 2 rings (SSSR count). The van der Waals surface area contributed by atoms with Crippen molar-refractivity contribution in [3.05, 3.63) is 59.7 Å². The van der Waals surface area contributed by atoms with Gasteiger partial charge in [0, 0.05) is 17.7 Å². The minimum atomic E-state index is -0.00240. The van der Waals surface area contributed by atoms with E-state index in [1.165, 1.54) is 0 Å². The SMILES string of the molecule is CCCCNc1ccc(C(=O)c2ccccc2)cc1N. The molecule has 0 amide bonds. The van der Waals surface area contributed by atoms with E-state index in [9.17, 15) is 4.79 Å². The highest BCUT2D eigenvalue weighted by Gasteiger charge is 2.10. The van der Waals surface area contributed by atoms with E-state index in [1.54, 1.807) is 6.07 Å². The molecule has 20 heavy (non-hydrogen) atoms. The van der Waals surface area contributed by atoms with E-state index < -0.39 is 0 Å². The van der Waals surface area contributed by atoms with E-state index in [2.05, 4.69) is 12.2 Å². The van der Waals surface area contributed by atoms with E-state index in [1.807, 2.05) is 42.5 Å². The lowest BCUT2D eigenvalue weighted by atomic mass is 10.0. The number of hydrogen-bond acceptors (Lipinski definition) is 3. The largest absolute Gasteiger partial charge is 0.397 e. The van der Waals surface area contributed by atoms with Gasteiger partial charge in [-0.15, -0.1) is 0 Å². The normalized spacial score (nSPS) is 10.2. The topological polar surface area (TPSA) is 55.1 Å². The third kappa shape index (κ3) is 3.38. The number of carbonyl (C=O) groups excluding carboxylic acids is 1. The summed E-state index contributed by atoms with van der Waals surface area (Å²) in [6.07, 6.45) is 2.24. The summed E-state index contributed by atoms with van der Waals surface area (Å²) in [6.45, 7) is 3.04. The first-order valence-corrected chi connectivity index (χ1v) is 6.95. The number of benzene rings is 2. The van der Waals surface area contributed by atoms with Crippen molar-refractivity contribution in [2.75, 3.05) is 17.6 Å². The van der Waals surface area contributed by atoms with Gasteiger partial charge in [-0.3, -0.25) is 4.79 Å².